The van der Waals surface area contributed by atoms with Gasteiger partial charge in [0.1, 0.15) is 36.8 Å². The molecule has 1 saturated carbocycles. The quantitative estimate of drug-likeness (QED) is 0.276. The van der Waals surface area contributed by atoms with Crippen LogP contribution in [0.5, 0.6) is 5.75 Å². The number of hydrogen-bond donors (Lipinski definition) is 6. The molecule has 0 spiro atoms. The normalized spacial score (nSPS) is 38.7. The molecule has 1 aliphatic carbocycles. The lowest BCUT2D eigenvalue weighted by Gasteiger charge is -2.44. The van der Waals surface area contributed by atoms with Crippen molar-refractivity contribution in [1.82, 2.24) is 0 Å². The summed E-state index contributed by atoms with van der Waals surface area (Å²) in [7, 11) is 0. The number of carbonyl (C=O) groups is 2. The zero-order valence-corrected chi connectivity index (χ0v) is 18.8. The molecule has 4 rings (SSSR count). The predicted octanol–water partition coefficient (Wildman–Crippen LogP) is -0.525. The Labute approximate surface area is 199 Å². The van der Waals surface area contributed by atoms with Crippen molar-refractivity contribution in [1.29, 1.82) is 0 Å². The van der Waals surface area contributed by atoms with Crippen LogP contribution < -0.4 is 0 Å². The summed E-state index contributed by atoms with van der Waals surface area (Å²) in [6.45, 7) is 1.04. The first-order valence-corrected chi connectivity index (χ1v) is 11.1. The molecule has 2 fully saturated rings. The Balaban J connectivity index is 1.46. The monoisotopic (exact) mass is 496 g/mol. The molecule has 1 saturated heterocycles. The van der Waals surface area contributed by atoms with E-state index < -0.39 is 73.0 Å². The Morgan fingerprint density at radius 3 is 2.43 bits per heavy atom. The molecule has 2 heterocycles. The molecule has 0 aromatic heterocycles. The van der Waals surface area contributed by atoms with Gasteiger partial charge in [-0.3, -0.25) is 0 Å². The number of aliphatic hydroxyl groups is 4. The van der Waals surface area contributed by atoms with Gasteiger partial charge >= 0.3 is 11.9 Å². The smallest absolute Gasteiger partial charge is 0.338 e. The molecule has 9 atom stereocenters. The maximum Gasteiger partial charge on any atom is 0.338 e. The molecule has 12 nitrogen and oxygen atoms in total. The number of carboxylic acids is 1. The zero-order chi connectivity index (χ0) is 25.5. The minimum absolute atomic E-state index is 0.00721. The van der Waals surface area contributed by atoms with Gasteiger partial charge in [-0.2, -0.15) is 0 Å². The van der Waals surface area contributed by atoms with E-state index in [9.17, 15) is 40.2 Å². The van der Waals surface area contributed by atoms with Gasteiger partial charge in [0.15, 0.2) is 6.29 Å². The number of hydrogen-bond acceptors (Lipinski definition) is 11. The average molecular weight is 496 g/mol. The maximum atomic E-state index is 12.2. The van der Waals surface area contributed by atoms with Crippen molar-refractivity contribution in [3.63, 3.8) is 0 Å². The molecule has 0 radical (unpaired) electrons. The fraction of sp³-hybridized carbons (Fsp3) is 0.565. The van der Waals surface area contributed by atoms with E-state index in [-0.39, 0.29) is 16.9 Å². The second-order valence-electron chi connectivity index (χ2n) is 9.21. The van der Waals surface area contributed by atoms with Crippen LogP contribution >= 0.6 is 0 Å². The van der Waals surface area contributed by atoms with E-state index in [0.29, 0.717) is 12.8 Å². The van der Waals surface area contributed by atoms with Gasteiger partial charge in [0.25, 0.3) is 0 Å². The molecule has 9 unspecified atom stereocenters. The van der Waals surface area contributed by atoms with E-state index >= 15 is 0 Å². The number of aliphatic hydroxyl groups excluding tert-OH is 3. The molecule has 0 bridgehead atoms. The number of esters is 1. The molecule has 2 aliphatic heterocycles. The third kappa shape index (κ3) is 4.99. The summed E-state index contributed by atoms with van der Waals surface area (Å²) in [5.41, 5.74) is -1.21. The van der Waals surface area contributed by atoms with Crippen molar-refractivity contribution in [2.45, 2.75) is 62.4 Å². The van der Waals surface area contributed by atoms with Crippen LogP contribution in [0.4, 0.5) is 0 Å². The van der Waals surface area contributed by atoms with E-state index in [1.165, 1.54) is 31.2 Å². The van der Waals surface area contributed by atoms with Gasteiger partial charge in [0, 0.05) is 5.92 Å². The topological polar surface area (TPSA) is 192 Å². The second kappa shape index (κ2) is 9.72. The van der Waals surface area contributed by atoms with Crippen LogP contribution in [0.15, 0.2) is 36.1 Å². The highest BCUT2D eigenvalue weighted by Gasteiger charge is 2.56. The fourth-order valence-corrected chi connectivity index (χ4v) is 4.83. The van der Waals surface area contributed by atoms with Crippen molar-refractivity contribution in [2.24, 2.45) is 11.8 Å². The lowest BCUT2D eigenvalue weighted by Crippen LogP contribution is -2.61. The summed E-state index contributed by atoms with van der Waals surface area (Å²) in [5, 5.41) is 60.7. The SMILES string of the molecule is CC1(O)CCC2C(C(=O)O)=COC(OC3OC(COC(=O)c4ccc(O)cc4)C(O)C(O)C3O)C21. The summed E-state index contributed by atoms with van der Waals surface area (Å²) >= 11 is 0. The maximum absolute atomic E-state index is 12.2. The van der Waals surface area contributed by atoms with E-state index in [2.05, 4.69) is 0 Å². The number of phenolic OH excluding ortho intramolecular Hbond substituents is 1. The van der Waals surface area contributed by atoms with Gasteiger partial charge in [-0.25, -0.2) is 9.59 Å². The van der Waals surface area contributed by atoms with Crippen LogP contribution in [0, 0.1) is 11.8 Å². The van der Waals surface area contributed by atoms with E-state index in [0.717, 1.165) is 6.26 Å². The minimum atomic E-state index is -1.72. The molecule has 1 aromatic rings. The Bertz CT molecular complexity index is 973. The third-order valence-corrected chi connectivity index (χ3v) is 6.80. The molecular formula is C23H28O12. The third-order valence-electron chi connectivity index (χ3n) is 6.80. The lowest BCUT2D eigenvalue weighted by molar-refractivity contribution is -0.346. The van der Waals surface area contributed by atoms with Crippen molar-refractivity contribution in [2.75, 3.05) is 6.61 Å². The largest absolute Gasteiger partial charge is 0.508 e. The van der Waals surface area contributed by atoms with Gasteiger partial charge in [-0.05, 0) is 44.0 Å². The van der Waals surface area contributed by atoms with E-state index in [4.69, 9.17) is 18.9 Å². The van der Waals surface area contributed by atoms with Crippen LogP contribution in [-0.4, -0.2) is 91.8 Å². The number of carbonyl (C=O) groups excluding carboxylic acids is 1. The van der Waals surface area contributed by atoms with Crippen LogP contribution in [0.2, 0.25) is 0 Å². The molecule has 1 aromatic carbocycles. The first-order valence-electron chi connectivity index (χ1n) is 11.1. The first kappa shape index (κ1) is 25.4. The first-order chi connectivity index (χ1) is 16.5. The number of ether oxygens (including phenoxy) is 4. The Hall–Kier alpha value is -2.74. The van der Waals surface area contributed by atoms with Gasteiger partial charge in [-0.1, -0.05) is 0 Å². The minimum Gasteiger partial charge on any atom is -0.508 e. The van der Waals surface area contributed by atoms with Crippen molar-refractivity contribution in [3.8, 4) is 5.75 Å². The highest BCUT2D eigenvalue weighted by Crippen LogP contribution is 2.49. The van der Waals surface area contributed by atoms with Crippen LogP contribution in [0.3, 0.4) is 0 Å². The van der Waals surface area contributed by atoms with Gasteiger partial charge < -0.3 is 49.6 Å². The van der Waals surface area contributed by atoms with Crippen LogP contribution in [0.1, 0.15) is 30.1 Å². The summed E-state index contributed by atoms with van der Waals surface area (Å²) in [6.07, 6.45) is -7.40. The number of aliphatic carboxylic acids is 1. The number of phenols is 1. The Morgan fingerprint density at radius 2 is 1.77 bits per heavy atom. The van der Waals surface area contributed by atoms with E-state index in [1.54, 1.807) is 0 Å². The molecule has 0 amide bonds. The Morgan fingerprint density at radius 1 is 1.09 bits per heavy atom. The standard InChI is InChI=1S/C23H28O12/c1-23(31)7-6-12-13(19(28)29)8-33-21(15(12)23)35-22-18(27)17(26)16(25)14(34-22)9-32-20(30)10-2-4-11(24)5-3-10/h2-5,8,12,14-18,21-22,24-27,31H,6-7,9H2,1H3,(H,28,29). The van der Waals surface area contributed by atoms with E-state index in [1.807, 2.05) is 0 Å². The molecule has 192 valence electrons. The summed E-state index contributed by atoms with van der Waals surface area (Å²) in [6, 6.07) is 5.27. The van der Waals surface area contributed by atoms with Crippen molar-refractivity contribution >= 4 is 11.9 Å². The summed E-state index contributed by atoms with van der Waals surface area (Å²) in [4.78, 5) is 23.8. The number of rotatable bonds is 6. The van der Waals surface area contributed by atoms with Crippen molar-refractivity contribution < 1.29 is 59.2 Å². The highest BCUT2D eigenvalue weighted by atomic mass is 16.8. The average Bonchev–Trinajstić information content (AvgIpc) is 3.14. The molecule has 3 aliphatic rings. The fourth-order valence-electron chi connectivity index (χ4n) is 4.83. The molecule has 12 heteroatoms. The number of aromatic hydroxyl groups is 1. The number of benzene rings is 1. The van der Waals surface area contributed by atoms with Gasteiger partial charge in [-0.15, -0.1) is 0 Å². The predicted molar refractivity (Wildman–Crippen MR) is 114 cm³/mol. The molecule has 6 N–H and O–H groups in total. The zero-order valence-electron chi connectivity index (χ0n) is 18.8. The van der Waals surface area contributed by atoms with Gasteiger partial charge in [0.2, 0.25) is 6.29 Å². The van der Waals surface area contributed by atoms with Crippen LogP contribution in [-0.2, 0) is 23.7 Å². The van der Waals surface area contributed by atoms with Gasteiger partial charge in [0.05, 0.1) is 28.9 Å². The number of carboxylic acid groups (broad SMARTS) is 1. The summed E-state index contributed by atoms with van der Waals surface area (Å²) < 4.78 is 21.9. The summed E-state index contributed by atoms with van der Waals surface area (Å²) in [5.74, 6) is -3.36. The van der Waals surface area contributed by atoms with Crippen molar-refractivity contribution in [3.05, 3.63) is 41.7 Å². The Kier molecular flexibility index (Phi) is 7.04. The molecular weight excluding hydrogens is 468 g/mol. The molecule has 35 heavy (non-hydrogen) atoms. The number of fused-ring (bicyclic) bond motifs is 1. The highest BCUT2D eigenvalue weighted by molar-refractivity contribution is 5.89. The lowest BCUT2D eigenvalue weighted by atomic mass is 9.81. The van der Waals surface area contributed by atoms with Crippen LogP contribution in [0.25, 0.3) is 0 Å². The second-order valence-corrected chi connectivity index (χ2v) is 9.21.